The van der Waals surface area contributed by atoms with Crippen LogP contribution in [0.3, 0.4) is 0 Å². The molecule has 0 aliphatic carbocycles. The molecule has 0 fully saturated rings. The van der Waals surface area contributed by atoms with Crippen molar-refractivity contribution in [2.24, 2.45) is 0 Å². The lowest BCUT2D eigenvalue weighted by atomic mass is 10.3. The maximum Gasteiger partial charge on any atom is 0.573 e. The van der Waals surface area contributed by atoms with Gasteiger partial charge in [-0.3, -0.25) is 0 Å². The van der Waals surface area contributed by atoms with Crippen molar-refractivity contribution in [3.8, 4) is 11.6 Å². The molecule has 0 aliphatic rings. The van der Waals surface area contributed by atoms with Crippen molar-refractivity contribution in [1.82, 2.24) is 19.9 Å². The first-order chi connectivity index (χ1) is 14.0. The summed E-state index contributed by atoms with van der Waals surface area (Å²) < 4.78 is 84.7. The second-order valence-corrected chi connectivity index (χ2v) is 6.03. The number of alkyl halides is 6. The molecule has 2 aromatic heterocycles. The summed E-state index contributed by atoms with van der Waals surface area (Å²) in [5.41, 5.74) is -0.233. The normalized spacial score (nSPS) is 12.2. The van der Waals surface area contributed by atoms with Crippen LogP contribution < -0.4 is 14.8 Å². The van der Waals surface area contributed by atoms with E-state index in [0.29, 0.717) is 6.42 Å². The summed E-state index contributed by atoms with van der Waals surface area (Å²) in [7, 11) is 0. The van der Waals surface area contributed by atoms with Crippen molar-refractivity contribution < 1.29 is 35.8 Å². The number of benzene rings is 1. The van der Waals surface area contributed by atoms with E-state index in [9.17, 15) is 26.3 Å². The number of imidazole rings is 1. The molecule has 0 atom stereocenters. The number of aromatic nitrogens is 4. The first kappa shape index (κ1) is 21.5. The van der Waals surface area contributed by atoms with Crippen molar-refractivity contribution >= 4 is 22.8 Å². The molecule has 0 bridgehead atoms. The van der Waals surface area contributed by atoms with Crippen LogP contribution in [0, 0.1) is 0 Å². The highest BCUT2D eigenvalue weighted by molar-refractivity contribution is 5.73. The molecule has 3 aromatic rings. The summed E-state index contributed by atoms with van der Waals surface area (Å²) in [6, 6.07) is 4.67. The fourth-order valence-electron chi connectivity index (χ4n) is 2.33. The van der Waals surface area contributed by atoms with Crippen molar-refractivity contribution in [2.75, 3.05) is 11.9 Å². The number of hydrogen-bond acceptors (Lipinski definition) is 6. The standard InChI is InChI=1S/C17H15F6N5O2/c1-2-3-8-29-14-13(24-9-4-6-10(7-5-9)30-17(21,22)23)25-11-12(26-14)28-15(27-11)16(18,19)20/h4-7H,2-3,8H2,1H3,(H2,24,25,26,27,28). The molecule has 0 aliphatic heterocycles. The minimum atomic E-state index is -4.83. The molecule has 162 valence electrons. The van der Waals surface area contributed by atoms with E-state index >= 15 is 0 Å². The second kappa shape index (κ2) is 8.24. The van der Waals surface area contributed by atoms with Crippen LogP contribution >= 0.6 is 0 Å². The summed E-state index contributed by atoms with van der Waals surface area (Å²) in [6.45, 7) is 2.16. The Hall–Kier alpha value is -3.25. The van der Waals surface area contributed by atoms with Crippen LogP contribution in [0.1, 0.15) is 25.6 Å². The Morgan fingerprint density at radius 1 is 1.00 bits per heavy atom. The third-order valence-corrected chi connectivity index (χ3v) is 3.66. The zero-order valence-corrected chi connectivity index (χ0v) is 15.4. The lowest BCUT2D eigenvalue weighted by Crippen LogP contribution is -2.17. The fraction of sp³-hybridized carbons (Fsp3) is 0.353. The molecule has 0 amide bonds. The molecule has 7 nitrogen and oxygen atoms in total. The van der Waals surface area contributed by atoms with E-state index in [1.807, 2.05) is 11.9 Å². The third-order valence-electron chi connectivity index (χ3n) is 3.66. The zero-order valence-electron chi connectivity index (χ0n) is 15.4. The lowest BCUT2D eigenvalue weighted by Gasteiger charge is -2.12. The Morgan fingerprint density at radius 2 is 1.70 bits per heavy atom. The van der Waals surface area contributed by atoms with Gasteiger partial charge in [-0.15, -0.1) is 13.2 Å². The third kappa shape index (κ3) is 5.42. The Bertz CT molecular complexity index is 1000. The van der Waals surface area contributed by atoms with Gasteiger partial charge in [0.05, 0.1) is 6.61 Å². The van der Waals surface area contributed by atoms with Gasteiger partial charge in [0, 0.05) is 5.69 Å². The number of hydrogen-bond donors (Lipinski definition) is 2. The summed E-state index contributed by atoms with van der Waals surface area (Å²) in [6.07, 6.45) is -8.07. The van der Waals surface area contributed by atoms with Crippen LogP contribution in [-0.2, 0) is 6.18 Å². The Morgan fingerprint density at radius 3 is 2.30 bits per heavy atom. The highest BCUT2D eigenvalue weighted by atomic mass is 19.4. The summed E-state index contributed by atoms with van der Waals surface area (Å²) >= 11 is 0. The average Bonchev–Trinajstić information content (AvgIpc) is 3.06. The molecule has 0 unspecified atom stereocenters. The molecule has 0 saturated carbocycles. The molecule has 0 saturated heterocycles. The Labute approximate surface area is 165 Å². The molecule has 13 heteroatoms. The number of ether oxygens (including phenoxy) is 2. The molecule has 0 spiro atoms. The van der Waals surface area contributed by atoms with Gasteiger partial charge in [-0.05, 0) is 30.7 Å². The maximum atomic E-state index is 12.9. The van der Waals surface area contributed by atoms with Gasteiger partial charge in [0.2, 0.25) is 5.82 Å². The number of rotatable bonds is 7. The monoisotopic (exact) mass is 435 g/mol. The van der Waals surface area contributed by atoms with Crippen molar-refractivity contribution in [3.05, 3.63) is 30.1 Å². The maximum absolute atomic E-state index is 12.9. The molecular weight excluding hydrogens is 420 g/mol. The molecule has 2 heterocycles. The van der Waals surface area contributed by atoms with Crippen LogP contribution in [0.5, 0.6) is 11.6 Å². The number of aromatic amines is 1. The van der Waals surface area contributed by atoms with Gasteiger partial charge in [0.15, 0.2) is 17.1 Å². The molecule has 30 heavy (non-hydrogen) atoms. The largest absolute Gasteiger partial charge is 0.573 e. The second-order valence-electron chi connectivity index (χ2n) is 6.03. The molecule has 1 aromatic carbocycles. The first-order valence-electron chi connectivity index (χ1n) is 8.66. The lowest BCUT2D eigenvalue weighted by molar-refractivity contribution is -0.274. The quantitative estimate of drug-likeness (QED) is 0.392. The molecule has 3 rings (SSSR count). The van der Waals surface area contributed by atoms with E-state index in [2.05, 4.69) is 25.0 Å². The highest BCUT2D eigenvalue weighted by Gasteiger charge is 2.35. The van der Waals surface area contributed by atoms with Gasteiger partial charge >= 0.3 is 12.5 Å². The minimum Gasteiger partial charge on any atom is -0.475 e. The SMILES string of the molecule is CCCCOc1nc2[nH]c(C(F)(F)F)nc2nc1Nc1ccc(OC(F)(F)F)cc1. The van der Waals surface area contributed by atoms with Crippen LogP contribution in [0.25, 0.3) is 11.3 Å². The summed E-state index contributed by atoms with van der Waals surface area (Å²) in [5, 5.41) is 2.76. The number of unbranched alkanes of at least 4 members (excludes halogenated alkanes) is 1. The zero-order chi connectivity index (χ0) is 21.9. The predicted octanol–water partition coefficient (Wildman–Crippen LogP) is 5.19. The van der Waals surface area contributed by atoms with Crippen LogP contribution in [0.15, 0.2) is 24.3 Å². The minimum absolute atomic E-state index is 0.0386. The topological polar surface area (TPSA) is 85.0 Å². The van der Waals surface area contributed by atoms with E-state index in [1.54, 1.807) is 0 Å². The van der Waals surface area contributed by atoms with E-state index in [0.717, 1.165) is 18.6 Å². The van der Waals surface area contributed by atoms with E-state index in [-0.39, 0.29) is 35.3 Å². The van der Waals surface area contributed by atoms with Crippen LogP contribution in [0.2, 0.25) is 0 Å². The van der Waals surface area contributed by atoms with Crippen molar-refractivity contribution in [2.45, 2.75) is 32.3 Å². The molecular formula is C17H15F6N5O2. The highest BCUT2D eigenvalue weighted by Crippen LogP contribution is 2.31. The van der Waals surface area contributed by atoms with Crippen molar-refractivity contribution in [3.63, 3.8) is 0 Å². The van der Waals surface area contributed by atoms with E-state index in [4.69, 9.17) is 4.74 Å². The van der Waals surface area contributed by atoms with Crippen LogP contribution in [-0.4, -0.2) is 32.9 Å². The van der Waals surface area contributed by atoms with Gasteiger partial charge in [0.1, 0.15) is 5.75 Å². The van der Waals surface area contributed by atoms with Gasteiger partial charge in [-0.1, -0.05) is 13.3 Å². The number of nitrogens with one attached hydrogen (secondary N) is 2. The fourth-order valence-corrected chi connectivity index (χ4v) is 2.33. The number of anilines is 2. The van der Waals surface area contributed by atoms with Crippen molar-refractivity contribution in [1.29, 1.82) is 0 Å². The first-order valence-corrected chi connectivity index (χ1v) is 8.66. The van der Waals surface area contributed by atoms with Gasteiger partial charge in [-0.25, -0.2) is 9.97 Å². The van der Waals surface area contributed by atoms with Gasteiger partial charge in [0.25, 0.3) is 5.88 Å². The Balaban J connectivity index is 1.90. The number of halogens is 6. The number of H-pyrrole nitrogens is 1. The average molecular weight is 435 g/mol. The van der Waals surface area contributed by atoms with E-state index < -0.39 is 24.1 Å². The number of nitrogens with zero attached hydrogens (tertiary/aromatic N) is 3. The molecule has 0 radical (unpaired) electrons. The van der Waals surface area contributed by atoms with Crippen LogP contribution in [0.4, 0.5) is 37.8 Å². The smallest absolute Gasteiger partial charge is 0.475 e. The van der Waals surface area contributed by atoms with Gasteiger partial charge < -0.3 is 19.8 Å². The molecule has 2 N–H and O–H groups in total. The summed E-state index contributed by atoms with van der Waals surface area (Å²) in [5.74, 6) is -1.81. The van der Waals surface area contributed by atoms with Gasteiger partial charge in [-0.2, -0.15) is 18.2 Å². The predicted molar refractivity (Wildman–Crippen MR) is 93.5 cm³/mol. The Kier molecular flexibility index (Phi) is 5.89. The van der Waals surface area contributed by atoms with E-state index in [1.165, 1.54) is 12.1 Å². The number of fused-ring (bicyclic) bond motifs is 1. The summed E-state index contributed by atoms with van der Waals surface area (Å²) in [4.78, 5) is 13.4.